The van der Waals surface area contributed by atoms with Gasteiger partial charge < -0.3 is 15.8 Å². The van der Waals surface area contributed by atoms with Crippen LogP contribution < -0.4 is 11.1 Å². The average Bonchev–Trinajstić information content (AvgIpc) is 3.06. The molecule has 2 aromatic rings. The molecule has 1 aliphatic heterocycles. The first-order valence-corrected chi connectivity index (χ1v) is 11.0. The summed E-state index contributed by atoms with van der Waals surface area (Å²) in [6, 6.07) is 7.75. The zero-order valence-electron chi connectivity index (χ0n) is 18.4. The molecule has 1 aromatic heterocycles. The van der Waals surface area contributed by atoms with Crippen molar-refractivity contribution in [3.05, 3.63) is 47.8 Å². The molecule has 3 N–H and O–H groups in total. The first-order chi connectivity index (χ1) is 16.0. The summed E-state index contributed by atoms with van der Waals surface area (Å²) in [5, 5.41) is 3.12. The number of aryl methyl sites for hydroxylation is 1. The number of likely N-dealkylation sites (tertiary alicyclic amines) is 1. The van der Waals surface area contributed by atoms with E-state index >= 15 is 0 Å². The lowest BCUT2D eigenvalue weighted by Gasteiger charge is -2.14. The van der Waals surface area contributed by atoms with Crippen LogP contribution in [-0.4, -0.2) is 44.2 Å². The van der Waals surface area contributed by atoms with E-state index in [9.17, 15) is 14.4 Å². The maximum Gasteiger partial charge on any atom is 0.308 e. The van der Waals surface area contributed by atoms with Gasteiger partial charge in [0.15, 0.2) is 12.4 Å². The van der Waals surface area contributed by atoms with Gasteiger partial charge in [0.05, 0.1) is 18.3 Å². The monoisotopic (exact) mass is 450 g/mol. The van der Waals surface area contributed by atoms with Gasteiger partial charge in [-0.3, -0.25) is 19.3 Å². The van der Waals surface area contributed by atoms with Crippen molar-refractivity contribution in [1.82, 2.24) is 19.9 Å². The number of rotatable bonds is 8. The summed E-state index contributed by atoms with van der Waals surface area (Å²) in [6.45, 7) is 1.84. The number of nitrogens with one attached hydrogen (secondary N) is 1. The maximum absolute atomic E-state index is 12.5. The number of aromatic nitrogens is 3. The molecular formula is C23H26N6O4. The topological polar surface area (TPSA) is 140 Å². The van der Waals surface area contributed by atoms with Gasteiger partial charge in [-0.25, -0.2) is 0 Å². The van der Waals surface area contributed by atoms with Crippen LogP contribution in [0.4, 0.5) is 17.6 Å². The standard InChI is InChI=1S/C23H26N6O4/c1-2-14-7-3-6-10-17(14)25-23-27-18(26-22(24)28-23)13-33-19(30)11-12-29-20(31)15-8-4-5-9-16(15)21(29)32/h3-7,10,15-16H,2,8-9,11-13H2,1H3,(H3,24,25,26,27,28)/t15-,16-/m0/s1. The number of benzene rings is 1. The van der Waals surface area contributed by atoms with E-state index in [0.29, 0.717) is 12.8 Å². The normalized spacial score (nSPS) is 19.5. The minimum Gasteiger partial charge on any atom is -0.457 e. The Hall–Kier alpha value is -3.82. The molecule has 2 atom stereocenters. The first-order valence-electron chi connectivity index (χ1n) is 11.0. The van der Waals surface area contributed by atoms with Gasteiger partial charge in [-0.05, 0) is 30.9 Å². The molecule has 0 radical (unpaired) electrons. The van der Waals surface area contributed by atoms with Gasteiger partial charge in [-0.1, -0.05) is 37.3 Å². The van der Waals surface area contributed by atoms with E-state index in [4.69, 9.17) is 10.5 Å². The fourth-order valence-corrected chi connectivity index (χ4v) is 4.14. The van der Waals surface area contributed by atoms with Gasteiger partial charge in [0.25, 0.3) is 0 Å². The number of allylic oxidation sites excluding steroid dienone is 2. The Morgan fingerprint density at radius 2 is 1.82 bits per heavy atom. The number of fused-ring (bicyclic) bond motifs is 1. The molecule has 1 fully saturated rings. The lowest BCUT2D eigenvalue weighted by molar-refractivity contribution is -0.147. The number of amides is 2. The minimum absolute atomic E-state index is 0.00277. The first kappa shape index (κ1) is 22.4. The van der Waals surface area contributed by atoms with Crippen molar-refractivity contribution in [3.63, 3.8) is 0 Å². The Bertz CT molecular complexity index is 1080. The van der Waals surface area contributed by atoms with Crippen LogP contribution in [-0.2, 0) is 32.1 Å². The number of nitrogens with two attached hydrogens (primary N) is 1. The summed E-state index contributed by atoms with van der Waals surface area (Å²) in [5.74, 6) is -1.17. The third-order valence-corrected chi connectivity index (χ3v) is 5.84. The Balaban J connectivity index is 1.32. The van der Waals surface area contributed by atoms with Gasteiger partial charge >= 0.3 is 5.97 Å². The molecule has 10 heteroatoms. The molecule has 2 aliphatic rings. The molecule has 4 rings (SSSR count). The van der Waals surface area contributed by atoms with Crippen LogP contribution in [0.25, 0.3) is 0 Å². The number of para-hydroxylation sites is 1. The van der Waals surface area contributed by atoms with Crippen LogP contribution in [0.1, 0.15) is 37.6 Å². The molecule has 10 nitrogen and oxygen atoms in total. The fourth-order valence-electron chi connectivity index (χ4n) is 4.14. The fraction of sp³-hybridized carbons (Fsp3) is 0.391. The third-order valence-electron chi connectivity index (χ3n) is 5.84. The number of hydrogen-bond acceptors (Lipinski definition) is 9. The molecule has 1 saturated heterocycles. The number of anilines is 3. The van der Waals surface area contributed by atoms with Crippen molar-refractivity contribution in [2.45, 2.75) is 39.2 Å². The number of carbonyl (C=O) groups excluding carboxylic acids is 3. The summed E-state index contributed by atoms with van der Waals surface area (Å²) in [4.78, 5) is 50.8. The largest absolute Gasteiger partial charge is 0.457 e. The maximum atomic E-state index is 12.5. The molecule has 0 bridgehead atoms. The predicted octanol–water partition coefficient (Wildman–Crippen LogP) is 2.14. The van der Waals surface area contributed by atoms with Crippen molar-refractivity contribution in [1.29, 1.82) is 0 Å². The number of imide groups is 1. The van der Waals surface area contributed by atoms with Gasteiger partial charge in [0.2, 0.25) is 23.7 Å². The highest BCUT2D eigenvalue weighted by Crippen LogP contribution is 2.35. The van der Waals surface area contributed by atoms with E-state index in [0.717, 1.165) is 17.7 Å². The predicted molar refractivity (Wildman–Crippen MR) is 120 cm³/mol. The molecule has 2 amide bonds. The number of esters is 1. The number of carbonyl (C=O) groups is 3. The van der Waals surface area contributed by atoms with Crippen molar-refractivity contribution in [2.24, 2.45) is 11.8 Å². The van der Waals surface area contributed by atoms with Crippen molar-refractivity contribution >= 4 is 35.4 Å². The Kier molecular flexibility index (Phi) is 6.62. The second-order valence-electron chi connectivity index (χ2n) is 7.96. The summed E-state index contributed by atoms with van der Waals surface area (Å²) >= 11 is 0. The number of ether oxygens (including phenoxy) is 1. The van der Waals surface area contributed by atoms with Crippen LogP contribution in [0.5, 0.6) is 0 Å². The third kappa shape index (κ3) is 5.00. The van der Waals surface area contributed by atoms with Gasteiger partial charge in [0, 0.05) is 12.2 Å². The minimum atomic E-state index is -0.562. The Morgan fingerprint density at radius 1 is 1.12 bits per heavy atom. The lowest BCUT2D eigenvalue weighted by atomic mass is 9.85. The zero-order valence-corrected chi connectivity index (χ0v) is 18.4. The Morgan fingerprint density at radius 3 is 2.52 bits per heavy atom. The molecule has 1 aromatic carbocycles. The second-order valence-corrected chi connectivity index (χ2v) is 7.96. The molecule has 0 spiro atoms. The van der Waals surface area contributed by atoms with Crippen LogP contribution in [0.2, 0.25) is 0 Å². The molecule has 33 heavy (non-hydrogen) atoms. The van der Waals surface area contributed by atoms with E-state index < -0.39 is 5.97 Å². The lowest BCUT2D eigenvalue weighted by Crippen LogP contribution is -2.33. The zero-order chi connectivity index (χ0) is 23.4. The second kappa shape index (κ2) is 9.76. The quantitative estimate of drug-likeness (QED) is 0.351. The smallest absolute Gasteiger partial charge is 0.308 e. The summed E-state index contributed by atoms with van der Waals surface area (Å²) in [7, 11) is 0. The van der Waals surface area contributed by atoms with E-state index in [-0.39, 0.29) is 60.9 Å². The number of hydrogen-bond donors (Lipinski definition) is 2. The highest BCUT2D eigenvalue weighted by molar-refractivity contribution is 6.05. The van der Waals surface area contributed by atoms with Crippen LogP contribution in [0, 0.1) is 11.8 Å². The highest BCUT2D eigenvalue weighted by atomic mass is 16.5. The van der Waals surface area contributed by atoms with Crippen LogP contribution >= 0.6 is 0 Å². The summed E-state index contributed by atoms with van der Waals surface area (Å²) in [6.07, 6.45) is 5.71. The van der Waals surface area contributed by atoms with E-state index in [1.807, 2.05) is 43.3 Å². The molecule has 0 saturated carbocycles. The number of nitrogen functional groups attached to an aromatic ring is 1. The van der Waals surface area contributed by atoms with Gasteiger partial charge in [-0.15, -0.1) is 0 Å². The molecule has 0 unspecified atom stereocenters. The van der Waals surface area contributed by atoms with E-state index in [1.54, 1.807) is 0 Å². The SMILES string of the molecule is CCc1ccccc1Nc1nc(N)nc(COC(=O)CCN2C(=O)[C@H]3CC=CC[C@@H]3C2=O)n1. The van der Waals surface area contributed by atoms with Crippen LogP contribution in [0.3, 0.4) is 0 Å². The van der Waals surface area contributed by atoms with E-state index in [2.05, 4.69) is 20.3 Å². The van der Waals surface area contributed by atoms with Crippen molar-refractivity contribution in [3.8, 4) is 0 Å². The molecule has 1 aliphatic carbocycles. The molecule has 172 valence electrons. The molecular weight excluding hydrogens is 424 g/mol. The van der Waals surface area contributed by atoms with Gasteiger partial charge in [0.1, 0.15) is 0 Å². The Labute approximate surface area is 191 Å². The number of nitrogens with zero attached hydrogens (tertiary/aromatic N) is 4. The van der Waals surface area contributed by atoms with Crippen molar-refractivity contribution in [2.75, 3.05) is 17.6 Å². The average molecular weight is 450 g/mol. The van der Waals surface area contributed by atoms with E-state index in [1.165, 1.54) is 4.90 Å². The summed E-state index contributed by atoms with van der Waals surface area (Å²) < 4.78 is 5.25. The summed E-state index contributed by atoms with van der Waals surface area (Å²) in [5.41, 5.74) is 7.73. The highest BCUT2D eigenvalue weighted by Gasteiger charge is 2.46. The molecule has 2 heterocycles. The van der Waals surface area contributed by atoms with Crippen molar-refractivity contribution < 1.29 is 19.1 Å². The van der Waals surface area contributed by atoms with Gasteiger partial charge in [-0.2, -0.15) is 15.0 Å². The van der Waals surface area contributed by atoms with Crippen LogP contribution in [0.15, 0.2) is 36.4 Å².